The molecule has 2 N–H and O–H groups in total. The van der Waals surface area contributed by atoms with Gasteiger partial charge in [-0.2, -0.15) is 0 Å². The molecule has 3 aliphatic rings. The smallest absolute Gasteiger partial charge is 0.224 e. The van der Waals surface area contributed by atoms with Gasteiger partial charge < -0.3 is 10.4 Å². The first kappa shape index (κ1) is 12.4. The molecule has 2 saturated carbocycles. The van der Waals surface area contributed by atoms with Crippen LogP contribution in [0.2, 0.25) is 0 Å². The van der Waals surface area contributed by atoms with E-state index in [1.54, 1.807) is 0 Å². The molecule has 0 radical (unpaired) electrons. The Morgan fingerprint density at radius 1 is 1.20 bits per heavy atom. The van der Waals surface area contributed by atoms with Crippen molar-refractivity contribution in [3.63, 3.8) is 0 Å². The van der Waals surface area contributed by atoms with Crippen molar-refractivity contribution in [2.24, 2.45) is 17.8 Å². The summed E-state index contributed by atoms with van der Waals surface area (Å²) in [6.45, 7) is 0. The van der Waals surface area contributed by atoms with Crippen LogP contribution in [0, 0.1) is 17.8 Å². The Labute approximate surface area is 119 Å². The van der Waals surface area contributed by atoms with Crippen LogP contribution in [0.4, 0.5) is 5.69 Å². The van der Waals surface area contributed by atoms with Crippen LogP contribution in [0.3, 0.4) is 0 Å². The average Bonchev–Trinajstić information content (AvgIpc) is 3.08. The van der Waals surface area contributed by atoms with Crippen molar-refractivity contribution in [2.75, 3.05) is 5.32 Å². The fraction of sp³-hybridized carbons (Fsp3) is 0.588. The van der Waals surface area contributed by atoms with E-state index in [1.807, 2.05) is 12.1 Å². The first-order valence-corrected chi connectivity index (χ1v) is 7.81. The molecule has 3 heteroatoms. The van der Waals surface area contributed by atoms with E-state index in [0.717, 1.165) is 29.5 Å². The van der Waals surface area contributed by atoms with E-state index in [4.69, 9.17) is 0 Å². The Bertz CT molecular complexity index is 554. The maximum Gasteiger partial charge on any atom is 0.224 e. The van der Waals surface area contributed by atoms with Crippen LogP contribution in [0.1, 0.15) is 49.3 Å². The maximum absolute atomic E-state index is 11.4. The topological polar surface area (TPSA) is 49.3 Å². The number of fused-ring (bicyclic) bond motifs is 3. The number of benzene rings is 1. The lowest BCUT2D eigenvalue weighted by Crippen LogP contribution is -2.21. The molecular weight excluding hydrogens is 250 g/mol. The van der Waals surface area contributed by atoms with E-state index in [1.165, 1.54) is 31.2 Å². The van der Waals surface area contributed by atoms with Gasteiger partial charge in [-0.25, -0.2) is 0 Å². The number of aliphatic hydroxyl groups is 1. The van der Waals surface area contributed by atoms with Gasteiger partial charge in [0, 0.05) is 12.1 Å². The second-order valence-corrected chi connectivity index (χ2v) is 6.75. The van der Waals surface area contributed by atoms with Crippen LogP contribution >= 0.6 is 0 Å². The van der Waals surface area contributed by atoms with E-state index in [2.05, 4.69) is 11.4 Å². The van der Waals surface area contributed by atoms with Crippen molar-refractivity contribution in [2.45, 2.75) is 44.6 Å². The molecule has 4 rings (SSSR count). The lowest BCUT2D eigenvalue weighted by molar-refractivity contribution is -0.116. The minimum Gasteiger partial charge on any atom is -0.388 e. The minimum atomic E-state index is -0.326. The molecule has 3 nitrogen and oxygen atoms in total. The van der Waals surface area contributed by atoms with Crippen molar-refractivity contribution in [1.29, 1.82) is 0 Å². The lowest BCUT2D eigenvalue weighted by atomic mass is 9.81. The van der Waals surface area contributed by atoms with Gasteiger partial charge in [0.1, 0.15) is 0 Å². The van der Waals surface area contributed by atoms with E-state index >= 15 is 0 Å². The normalized spacial score (nSPS) is 32.9. The standard InChI is InChI=1S/C17H21NO2/c19-16-6-4-12-9-13(3-5-15(12)18-16)17(20)14-8-10-1-2-11(14)7-10/h3,5,9-11,14,17,20H,1-2,4,6-8H2,(H,18,19). The summed E-state index contributed by atoms with van der Waals surface area (Å²) in [5, 5.41) is 13.6. The van der Waals surface area contributed by atoms with Gasteiger partial charge in [-0.05, 0) is 60.6 Å². The molecule has 4 atom stereocenters. The van der Waals surface area contributed by atoms with Crippen LogP contribution in [0.25, 0.3) is 0 Å². The van der Waals surface area contributed by atoms with Crippen LogP contribution in [-0.2, 0) is 11.2 Å². The molecular formula is C17H21NO2. The van der Waals surface area contributed by atoms with Gasteiger partial charge in [0.05, 0.1) is 6.10 Å². The van der Waals surface area contributed by atoms with E-state index in [9.17, 15) is 9.90 Å². The quantitative estimate of drug-likeness (QED) is 0.868. The third-order valence-corrected chi connectivity index (χ3v) is 5.56. The third kappa shape index (κ3) is 1.96. The van der Waals surface area contributed by atoms with Crippen molar-refractivity contribution in [1.82, 2.24) is 0 Å². The highest BCUT2D eigenvalue weighted by molar-refractivity contribution is 5.93. The Balaban J connectivity index is 1.58. The van der Waals surface area contributed by atoms with Gasteiger partial charge in [-0.3, -0.25) is 4.79 Å². The summed E-state index contributed by atoms with van der Waals surface area (Å²) in [4.78, 5) is 11.4. The number of amides is 1. The van der Waals surface area contributed by atoms with Gasteiger partial charge in [0.25, 0.3) is 0 Å². The highest BCUT2D eigenvalue weighted by Gasteiger charge is 2.43. The van der Waals surface area contributed by atoms with Gasteiger partial charge in [0.2, 0.25) is 5.91 Å². The largest absolute Gasteiger partial charge is 0.388 e. The van der Waals surface area contributed by atoms with Crippen LogP contribution in [0.15, 0.2) is 18.2 Å². The van der Waals surface area contributed by atoms with E-state index < -0.39 is 0 Å². The minimum absolute atomic E-state index is 0.0962. The first-order chi connectivity index (χ1) is 9.70. The molecule has 2 bridgehead atoms. The monoisotopic (exact) mass is 271 g/mol. The molecule has 0 spiro atoms. The zero-order valence-electron chi connectivity index (χ0n) is 11.6. The number of carbonyl (C=O) groups is 1. The fourth-order valence-corrected chi connectivity index (χ4v) is 4.52. The number of anilines is 1. The second kappa shape index (κ2) is 4.59. The Morgan fingerprint density at radius 3 is 2.85 bits per heavy atom. The number of hydrogen-bond acceptors (Lipinski definition) is 2. The second-order valence-electron chi connectivity index (χ2n) is 6.75. The van der Waals surface area contributed by atoms with E-state index in [0.29, 0.717) is 12.3 Å². The summed E-state index contributed by atoms with van der Waals surface area (Å²) in [7, 11) is 0. The summed E-state index contributed by atoms with van der Waals surface area (Å²) in [5.41, 5.74) is 3.13. The van der Waals surface area contributed by atoms with Crippen molar-refractivity contribution >= 4 is 11.6 Å². The molecule has 1 aromatic rings. The number of hydrogen-bond donors (Lipinski definition) is 2. The molecule has 1 aromatic carbocycles. The molecule has 1 aliphatic heterocycles. The first-order valence-electron chi connectivity index (χ1n) is 7.81. The van der Waals surface area contributed by atoms with Gasteiger partial charge in [-0.15, -0.1) is 0 Å². The summed E-state index contributed by atoms with van der Waals surface area (Å²) in [6.07, 6.45) is 6.20. The number of carbonyl (C=O) groups excluding carboxylic acids is 1. The molecule has 20 heavy (non-hydrogen) atoms. The van der Waals surface area contributed by atoms with Gasteiger partial charge in [-0.1, -0.05) is 18.6 Å². The van der Waals surface area contributed by atoms with Crippen LogP contribution in [0.5, 0.6) is 0 Å². The number of aliphatic hydroxyl groups excluding tert-OH is 1. The summed E-state index contributed by atoms with van der Waals surface area (Å²) >= 11 is 0. The molecule has 1 amide bonds. The molecule has 2 aliphatic carbocycles. The average molecular weight is 271 g/mol. The molecule has 1 heterocycles. The zero-order chi connectivity index (χ0) is 13.7. The third-order valence-electron chi connectivity index (χ3n) is 5.56. The number of rotatable bonds is 2. The predicted molar refractivity (Wildman–Crippen MR) is 77.3 cm³/mol. The predicted octanol–water partition coefficient (Wildman–Crippen LogP) is 3.04. The molecule has 2 fully saturated rings. The zero-order valence-corrected chi connectivity index (χ0v) is 11.6. The highest BCUT2D eigenvalue weighted by atomic mass is 16.3. The Morgan fingerprint density at radius 2 is 2.10 bits per heavy atom. The lowest BCUT2D eigenvalue weighted by Gasteiger charge is -2.28. The summed E-state index contributed by atoms with van der Waals surface area (Å²) < 4.78 is 0. The SMILES string of the molecule is O=C1CCc2cc(C(O)C3CC4CCC3C4)ccc2N1. The summed E-state index contributed by atoms with van der Waals surface area (Å²) in [5.74, 6) is 2.13. The molecule has 106 valence electrons. The Hall–Kier alpha value is -1.35. The molecule has 0 saturated heterocycles. The van der Waals surface area contributed by atoms with Crippen LogP contribution in [-0.4, -0.2) is 11.0 Å². The number of nitrogens with one attached hydrogen (secondary N) is 1. The van der Waals surface area contributed by atoms with Crippen molar-refractivity contribution in [3.05, 3.63) is 29.3 Å². The van der Waals surface area contributed by atoms with Crippen molar-refractivity contribution in [3.8, 4) is 0 Å². The van der Waals surface area contributed by atoms with Gasteiger partial charge in [0.15, 0.2) is 0 Å². The summed E-state index contributed by atoms with van der Waals surface area (Å²) in [6, 6.07) is 6.05. The van der Waals surface area contributed by atoms with Crippen LogP contribution < -0.4 is 5.32 Å². The number of aryl methyl sites for hydroxylation is 1. The van der Waals surface area contributed by atoms with Crippen molar-refractivity contribution < 1.29 is 9.90 Å². The Kier molecular flexibility index (Phi) is 2.84. The molecule has 4 unspecified atom stereocenters. The maximum atomic E-state index is 11.4. The van der Waals surface area contributed by atoms with E-state index in [-0.39, 0.29) is 12.0 Å². The highest BCUT2D eigenvalue weighted by Crippen LogP contribution is 2.52. The van der Waals surface area contributed by atoms with Gasteiger partial charge >= 0.3 is 0 Å². The fourth-order valence-electron chi connectivity index (χ4n) is 4.52. The molecule has 0 aromatic heterocycles.